The van der Waals surface area contributed by atoms with E-state index in [1.807, 2.05) is 0 Å². The molecule has 0 saturated carbocycles. The number of halogens is 3. The third-order valence-corrected chi connectivity index (χ3v) is 5.01. The highest BCUT2D eigenvalue weighted by atomic mass is 35.5. The van der Waals surface area contributed by atoms with Crippen LogP contribution in [0.3, 0.4) is 0 Å². The third-order valence-electron chi connectivity index (χ3n) is 3.41. The lowest BCUT2D eigenvalue weighted by Crippen LogP contribution is -2.17. The van der Waals surface area contributed by atoms with Crippen molar-refractivity contribution in [2.24, 2.45) is 0 Å². The van der Waals surface area contributed by atoms with E-state index in [9.17, 15) is 9.59 Å². The zero-order valence-electron chi connectivity index (χ0n) is 12.7. The van der Waals surface area contributed by atoms with Crippen molar-refractivity contribution in [1.82, 2.24) is 4.98 Å². The fraction of sp³-hybridized carbons (Fsp3) is 0.0588. The number of ketones is 1. The molecule has 4 nitrogen and oxygen atoms in total. The largest absolute Gasteiger partial charge is 0.419 e. The SMILES string of the molecule is CC(=O)c1c(OSc2ccc(Cl)cc2)c2c(Cl)ccc(Cl)c2[nH]c1=O. The number of aromatic amines is 1. The molecular weight excluding hydrogens is 405 g/mol. The van der Waals surface area contributed by atoms with E-state index in [0.29, 0.717) is 26.0 Å². The van der Waals surface area contributed by atoms with Crippen molar-refractivity contribution < 1.29 is 8.98 Å². The molecule has 0 fully saturated rings. The van der Waals surface area contributed by atoms with Crippen molar-refractivity contribution in [2.45, 2.75) is 11.8 Å². The van der Waals surface area contributed by atoms with E-state index in [1.54, 1.807) is 36.4 Å². The Morgan fingerprint density at radius 2 is 1.68 bits per heavy atom. The molecule has 0 saturated heterocycles. The van der Waals surface area contributed by atoms with Gasteiger partial charge in [-0.25, -0.2) is 0 Å². The Labute approximate surface area is 162 Å². The summed E-state index contributed by atoms with van der Waals surface area (Å²) < 4.78 is 5.74. The summed E-state index contributed by atoms with van der Waals surface area (Å²) in [6, 6.07) is 10.1. The van der Waals surface area contributed by atoms with E-state index >= 15 is 0 Å². The number of hydrogen-bond donors (Lipinski definition) is 1. The molecule has 1 aromatic heterocycles. The molecule has 0 aliphatic rings. The first kappa shape index (κ1) is 18.1. The van der Waals surface area contributed by atoms with Crippen LogP contribution in [0.1, 0.15) is 17.3 Å². The van der Waals surface area contributed by atoms with Crippen LogP contribution < -0.4 is 9.74 Å². The second kappa shape index (κ2) is 7.30. The topological polar surface area (TPSA) is 59.2 Å². The van der Waals surface area contributed by atoms with Crippen LogP contribution in [0.4, 0.5) is 0 Å². The summed E-state index contributed by atoms with van der Waals surface area (Å²) in [6.45, 7) is 1.29. The van der Waals surface area contributed by atoms with Gasteiger partial charge in [0.1, 0.15) is 5.56 Å². The Hall–Kier alpha value is -1.66. The van der Waals surface area contributed by atoms with Crippen LogP contribution in [-0.2, 0) is 0 Å². The Kier molecular flexibility index (Phi) is 5.29. The standard InChI is InChI=1S/C17H10Cl3NO3S/c1-8(22)13-16(24-25-10-4-2-9(18)3-5-10)14-11(19)6-7-12(20)15(14)21-17(13)23/h2-7H,1H3,(H,21,23). The maximum atomic E-state index is 12.3. The normalized spacial score (nSPS) is 10.9. The number of Topliss-reactive ketones (excluding diaryl/α,β-unsaturated/α-hetero) is 1. The fourth-order valence-corrected chi connectivity index (χ4v) is 3.45. The van der Waals surface area contributed by atoms with E-state index in [2.05, 4.69) is 4.98 Å². The number of nitrogens with one attached hydrogen (secondary N) is 1. The first-order valence-corrected chi connectivity index (χ1v) is 8.91. The molecule has 0 aliphatic heterocycles. The van der Waals surface area contributed by atoms with Gasteiger partial charge < -0.3 is 9.17 Å². The number of rotatable bonds is 4. The summed E-state index contributed by atoms with van der Waals surface area (Å²) in [6.07, 6.45) is 0. The van der Waals surface area contributed by atoms with Crippen molar-refractivity contribution in [3.05, 3.63) is 67.4 Å². The molecule has 1 N–H and O–H groups in total. The molecule has 1 heterocycles. The number of aromatic nitrogens is 1. The Morgan fingerprint density at radius 1 is 1.04 bits per heavy atom. The van der Waals surface area contributed by atoms with Gasteiger partial charge in [0.05, 0.1) is 33.0 Å². The zero-order chi connectivity index (χ0) is 18.1. The Morgan fingerprint density at radius 3 is 2.32 bits per heavy atom. The Bertz CT molecular complexity index is 1030. The molecule has 3 aromatic rings. The summed E-state index contributed by atoms with van der Waals surface area (Å²) >= 11 is 19.3. The number of carbonyl (C=O) groups excluding carboxylic acids is 1. The molecule has 8 heteroatoms. The monoisotopic (exact) mass is 413 g/mol. The van der Waals surface area contributed by atoms with Crippen molar-refractivity contribution in [3.8, 4) is 5.75 Å². The molecule has 3 rings (SSSR count). The predicted molar refractivity (Wildman–Crippen MR) is 103 cm³/mol. The number of fused-ring (bicyclic) bond motifs is 1. The van der Waals surface area contributed by atoms with Crippen LogP contribution in [-0.4, -0.2) is 10.8 Å². The molecule has 0 bridgehead atoms. The minimum Gasteiger partial charge on any atom is -0.419 e. The van der Waals surface area contributed by atoms with Crippen molar-refractivity contribution >= 4 is 63.5 Å². The van der Waals surface area contributed by atoms with Gasteiger partial charge in [-0.05, 0) is 43.3 Å². The molecule has 25 heavy (non-hydrogen) atoms. The van der Waals surface area contributed by atoms with Crippen LogP contribution in [0, 0.1) is 0 Å². The molecule has 0 amide bonds. The van der Waals surface area contributed by atoms with Crippen LogP contribution in [0.5, 0.6) is 5.75 Å². The number of benzene rings is 2. The van der Waals surface area contributed by atoms with Gasteiger partial charge in [-0.3, -0.25) is 9.59 Å². The molecule has 0 aliphatic carbocycles. The van der Waals surface area contributed by atoms with Gasteiger partial charge in [-0.15, -0.1) is 0 Å². The molecule has 0 spiro atoms. The summed E-state index contributed by atoms with van der Waals surface area (Å²) in [7, 11) is 0. The van der Waals surface area contributed by atoms with E-state index in [-0.39, 0.29) is 11.3 Å². The van der Waals surface area contributed by atoms with Gasteiger partial charge in [0.2, 0.25) is 0 Å². The lowest BCUT2D eigenvalue weighted by molar-refractivity contribution is 0.101. The molecule has 0 atom stereocenters. The first-order chi connectivity index (χ1) is 11.9. The minimum atomic E-state index is -0.587. The number of pyridine rings is 1. The Balaban J connectivity index is 2.18. The molecule has 0 radical (unpaired) electrons. The summed E-state index contributed by atoms with van der Waals surface area (Å²) in [5.41, 5.74) is -0.384. The van der Waals surface area contributed by atoms with Gasteiger partial charge >= 0.3 is 0 Å². The highest BCUT2D eigenvalue weighted by Crippen LogP contribution is 2.38. The molecule has 0 unspecified atom stereocenters. The van der Waals surface area contributed by atoms with Crippen LogP contribution >= 0.6 is 46.8 Å². The van der Waals surface area contributed by atoms with Crippen LogP contribution in [0.15, 0.2) is 46.1 Å². The van der Waals surface area contributed by atoms with Gasteiger partial charge in [0, 0.05) is 9.92 Å². The summed E-state index contributed by atoms with van der Waals surface area (Å²) in [5.74, 6) is -0.357. The van der Waals surface area contributed by atoms with Gasteiger partial charge in [0.15, 0.2) is 11.5 Å². The van der Waals surface area contributed by atoms with Crippen molar-refractivity contribution in [1.29, 1.82) is 0 Å². The van der Waals surface area contributed by atoms with E-state index in [4.69, 9.17) is 39.0 Å². The average molecular weight is 415 g/mol. The van der Waals surface area contributed by atoms with Crippen LogP contribution in [0.25, 0.3) is 10.9 Å². The highest BCUT2D eigenvalue weighted by molar-refractivity contribution is 7.95. The zero-order valence-corrected chi connectivity index (χ0v) is 15.8. The number of H-pyrrole nitrogens is 1. The van der Waals surface area contributed by atoms with Gasteiger partial charge in [-0.2, -0.15) is 0 Å². The fourth-order valence-electron chi connectivity index (χ4n) is 2.28. The van der Waals surface area contributed by atoms with Gasteiger partial charge in [-0.1, -0.05) is 34.8 Å². The maximum Gasteiger partial charge on any atom is 0.263 e. The average Bonchev–Trinajstić information content (AvgIpc) is 2.56. The van der Waals surface area contributed by atoms with Crippen molar-refractivity contribution in [2.75, 3.05) is 0 Å². The second-order valence-corrected chi connectivity index (χ2v) is 7.17. The second-order valence-electron chi connectivity index (χ2n) is 5.11. The highest BCUT2D eigenvalue weighted by Gasteiger charge is 2.22. The van der Waals surface area contributed by atoms with Gasteiger partial charge in [0.25, 0.3) is 5.56 Å². The maximum absolute atomic E-state index is 12.3. The minimum absolute atomic E-state index is 0.0821. The molecule has 2 aromatic carbocycles. The van der Waals surface area contributed by atoms with Crippen molar-refractivity contribution in [3.63, 3.8) is 0 Å². The first-order valence-electron chi connectivity index (χ1n) is 7.03. The van der Waals surface area contributed by atoms with E-state index in [1.165, 1.54) is 6.92 Å². The third kappa shape index (κ3) is 3.65. The summed E-state index contributed by atoms with van der Waals surface area (Å²) in [4.78, 5) is 27.6. The smallest absolute Gasteiger partial charge is 0.263 e. The van der Waals surface area contributed by atoms with E-state index < -0.39 is 11.3 Å². The lowest BCUT2D eigenvalue weighted by atomic mass is 10.1. The molecular formula is C17H10Cl3NO3S. The lowest BCUT2D eigenvalue weighted by Gasteiger charge is -2.13. The summed E-state index contributed by atoms with van der Waals surface area (Å²) in [5, 5.41) is 1.57. The number of hydrogen-bond acceptors (Lipinski definition) is 4. The number of carbonyl (C=O) groups is 1. The quantitative estimate of drug-likeness (QED) is 0.434. The molecule has 128 valence electrons. The van der Waals surface area contributed by atoms with E-state index in [0.717, 1.165) is 16.9 Å². The van der Waals surface area contributed by atoms with Crippen LogP contribution in [0.2, 0.25) is 15.1 Å². The predicted octanol–water partition coefficient (Wildman–Crippen LogP) is 5.78.